The second kappa shape index (κ2) is 9.24. The summed E-state index contributed by atoms with van der Waals surface area (Å²) >= 11 is 0. The minimum Gasteiger partial charge on any atom is -0.488 e. The van der Waals surface area contributed by atoms with Gasteiger partial charge in [0, 0.05) is 26.3 Å². The Bertz CT molecular complexity index is 546. The molecule has 0 radical (unpaired) electrons. The van der Waals surface area contributed by atoms with Gasteiger partial charge < -0.3 is 25.2 Å². The van der Waals surface area contributed by atoms with Gasteiger partial charge in [-0.2, -0.15) is 0 Å². The van der Waals surface area contributed by atoms with Gasteiger partial charge in [-0.1, -0.05) is 12.1 Å². The maximum absolute atomic E-state index is 12.0. The number of carbonyl (C=O) groups is 2. The van der Waals surface area contributed by atoms with Crippen molar-refractivity contribution in [2.75, 3.05) is 19.8 Å². The molecule has 0 saturated carbocycles. The third-order valence-corrected chi connectivity index (χ3v) is 3.76. The van der Waals surface area contributed by atoms with Crippen molar-refractivity contribution in [1.82, 2.24) is 10.6 Å². The van der Waals surface area contributed by atoms with E-state index < -0.39 is 0 Å². The maximum Gasteiger partial charge on any atom is 0.222 e. The summed E-state index contributed by atoms with van der Waals surface area (Å²) in [5.74, 6) is 0.386. The summed E-state index contributed by atoms with van der Waals surface area (Å²) in [6.45, 7) is 2.69. The number of ether oxygens (including phenoxy) is 2. The number of aliphatic hydroxyl groups is 1. The molecule has 1 aromatic carbocycles. The molecular weight excluding hydrogens is 312 g/mol. The van der Waals surface area contributed by atoms with Crippen LogP contribution in [0.5, 0.6) is 5.75 Å². The molecule has 0 aromatic heterocycles. The number of hydrogen-bond donors (Lipinski definition) is 3. The van der Waals surface area contributed by atoms with Gasteiger partial charge in [0.25, 0.3) is 0 Å². The average Bonchev–Trinajstić information content (AvgIpc) is 2.57. The Morgan fingerprint density at radius 3 is 2.75 bits per heavy atom. The van der Waals surface area contributed by atoms with Crippen molar-refractivity contribution >= 4 is 11.8 Å². The van der Waals surface area contributed by atoms with E-state index in [9.17, 15) is 9.59 Å². The summed E-state index contributed by atoms with van der Waals surface area (Å²) in [6.07, 6.45) is 0.718. The maximum atomic E-state index is 12.0. The minimum absolute atomic E-state index is 0.00940. The summed E-state index contributed by atoms with van der Waals surface area (Å²) in [7, 11) is 0. The van der Waals surface area contributed by atoms with Gasteiger partial charge >= 0.3 is 0 Å². The van der Waals surface area contributed by atoms with Crippen molar-refractivity contribution in [1.29, 1.82) is 0 Å². The van der Waals surface area contributed by atoms with Gasteiger partial charge in [0.1, 0.15) is 11.9 Å². The van der Waals surface area contributed by atoms with Gasteiger partial charge in [-0.25, -0.2) is 0 Å². The van der Waals surface area contributed by atoms with E-state index in [0.29, 0.717) is 31.9 Å². The molecule has 7 heteroatoms. The smallest absolute Gasteiger partial charge is 0.222 e. The molecule has 132 valence electrons. The summed E-state index contributed by atoms with van der Waals surface area (Å²) < 4.78 is 11.4. The van der Waals surface area contributed by atoms with Gasteiger partial charge in [-0.3, -0.25) is 9.59 Å². The molecule has 0 spiro atoms. The van der Waals surface area contributed by atoms with E-state index in [1.165, 1.54) is 6.92 Å². The van der Waals surface area contributed by atoms with Gasteiger partial charge in [0.15, 0.2) is 0 Å². The van der Waals surface area contributed by atoms with Crippen LogP contribution in [0.4, 0.5) is 0 Å². The SMILES string of the molecule is CC(=O)NCCC(=O)N[C@@H]1COCC[C@H]1Oc1ccc(CO)cc1. The molecule has 2 rings (SSSR count). The second-order valence-corrected chi connectivity index (χ2v) is 5.73. The third-order valence-electron chi connectivity index (χ3n) is 3.76. The molecule has 7 nitrogen and oxygen atoms in total. The van der Waals surface area contributed by atoms with Crippen LogP contribution in [-0.2, 0) is 20.9 Å². The van der Waals surface area contributed by atoms with Crippen LogP contribution in [0.3, 0.4) is 0 Å². The van der Waals surface area contributed by atoms with E-state index in [0.717, 1.165) is 5.56 Å². The standard InChI is InChI=1S/C17H24N2O5/c1-12(21)18-8-6-17(22)19-15-11-23-9-7-16(15)24-14-4-2-13(10-20)3-5-14/h2-5,15-16,20H,6-11H2,1H3,(H,18,21)(H,19,22)/t15-,16-/m1/s1. The highest BCUT2D eigenvalue weighted by molar-refractivity contribution is 5.78. The van der Waals surface area contributed by atoms with Crippen molar-refractivity contribution < 1.29 is 24.2 Å². The fraction of sp³-hybridized carbons (Fsp3) is 0.529. The topological polar surface area (TPSA) is 96.9 Å². The van der Waals surface area contributed by atoms with E-state index >= 15 is 0 Å². The highest BCUT2D eigenvalue weighted by Crippen LogP contribution is 2.19. The van der Waals surface area contributed by atoms with Crippen LogP contribution < -0.4 is 15.4 Å². The fourth-order valence-corrected chi connectivity index (χ4v) is 2.47. The zero-order valence-electron chi connectivity index (χ0n) is 13.8. The van der Waals surface area contributed by atoms with E-state index in [1.54, 1.807) is 24.3 Å². The largest absolute Gasteiger partial charge is 0.488 e. The van der Waals surface area contributed by atoms with Crippen LogP contribution in [0, 0.1) is 0 Å². The predicted octanol–water partition coefficient (Wildman–Crippen LogP) is 0.358. The molecule has 1 aliphatic heterocycles. The molecule has 24 heavy (non-hydrogen) atoms. The van der Waals surface area contributed by atoms with Crippen LogP contribution in [-0.4, -0.2) is 48.8 Å². The lowest BCUT2D eigenvalue weighted by Crippen LogP contribution is -2.52. The van der Waals surface area contributed by atoms with Crippen molar-refractivity contribution in [3.63, 3.8) is 0 Å². The van der Waals surface area contributed by atoms with Crippen LogP contribution >= 0.6 is 0 Å². The van der Waals surface area contributed by atoms with E-state index in [-0.39, 0.29) is 37.0 Å². The molecule has 1 aliphatic rings. The Balaban J connectivity index is 1.87. The Morgan fingerprint density at radius 1 is 1.33 bits per heavy atom. The molecule has 0 aliphatic carbocycles. The van der Waals surface area contributed by atoms with Crippen molar-refractivity contribution in [3.05, 3.63) is 29.8 Å². The first-order valence-corrected chi connectivity index (χ1v) is 8.06. The normalized spacial score (nSPS) is 20.2. The van der Waals surface area contributed by atoms with Crippen LogP contribution in [0.1, 0.15) is 25.3 Å². The van der Waals surface area contributed by atoms with Crippen LogP contribution in [0.25, 0.3) is 0 Å². The molecule has 2 atom stereocenters. The first-order valence-electron chi connectivity index (χ1n) is 8.06. The molecule has 0 unspecified atom stereocenters. The van der Waals surface area contributed by atoms with Gasteiger partial charge in [0.2, 0.25) is 11.8 Å². The fourth-order valence-electron chi connectivity index (χ4n) is 2.47. The molecule has 1 aromatic rings. The molecule has 1 saturated heterocycles. The van der Waals surface area contributed by atoms with Crippen molar-refractivity contribution in [2.24, 2.45) is 0 Å². The first kappa shape index (κ1) is 18.2. The van der Waals surface area contributed by atoms with E-state index in [4.69, 9.17) is 14.6 Å². The number of hydrogen-bond acceptors (Lipinski definition) is 5. The zero-order valence-corrected chi connectivity index (χ0v) is 13.8. The van der Waals surface area contributed by atoms with E-state index in [2.05, 4.69) is 10.6 Å². The highest BCUT2D eigenvalue weighted by atomic mass is 16.5. The predicted molar refractivity (Wildman–Crippen MR) is 87.4 cm³/mol. The average molecular weight is 336 g/mol. The lowest BCUT2D eigenvalue weighted by molar-refractivity contribution is -0.124. The number of carbonyl (C=O) groups excluding carboxylic acids is 2. The van der Waals surface area contributed by atoms with Gasteiger partial charge in [-0.15, -0.1) is 0 Å². The number of benzene rings is 1. The third kappa shape index (κ3) is 5.82. The molecule has 2 amide bonds. The molecular formula is C17H24N2O5. The lowest BCUT2D eigenvalue weighted by Gasteiger charge is -2.32. The number of amides is 2. The highest BCUT2D eigenvalue weighted by Gasteiger charge is 2.28. The van der Waals surface area contributed by atoms with Crippen LogP contribution in [0.2, 0.25) is 0 Å². The second-order valence-electron chi connectivity index (χ2n) is 5.73. The molecule has 1 heterocycles. The Labute approximate surface area is 141 Å². The molecule has 0 bridgehead atoms. The minimum atomic E-state index is -0.235. The van der Waals surface area contributed by atoms with E-state index in [1.807, 2.05) is 0 Å². The quantitative estimate of drug-likeness (QED) is 0.668. The van der Waals surface area contributed by atoms with Gasteiger partial charge in [0.05, 0.1) is 25.9 Å². The number of nitrogens with one attached hydrogen (secondary N) is 2. The van der Waals surface area contributed by atoms with Crippen molar-refractivity contribution in [3.8, 4) is 5.75 Å². The summed E-state index contributed by atoms with van der Waals surface area (Å²) in [5.41, 5.74) is 0.817. The Hall–Kier alpha value is -2.12. The van der Waals surface area contributed by atoms with Gasteiger partial charge in [-0.05, 0) is 17.7 Å². The molecule has 3 N–H and O–H groups in total. The number of rotatable bonds is 7. The Morgan fingerprint density at radius 2 is 2.08 bits per heavy atom. The monoisotopic (exact) mass is 336 g/mol. The zero-order chi connectivity index (χ0) is 17.4. The van der Waals surface area contributed by atoms with Crippen molar-refractivity contribution in [2.45, 2.75) is 38.5 Å². The number of aliphatic hydroxyl groups excluding tert-OH is 1. The lowest BCUT2D eigenvalue weighted by atomic mass is 10.1. The van der Waals surface area contributed by atoms with Crippen LogP contribution in [0.15, 0.2) is 24.3 Å². The summed E-state index contributed by atoms with van der Waals surface area (Å²) in [6, 6.07) is 6.97. The summed E-state index contributed by atoms with van der Waals surface area (Å²) in [5, 5.41) is 14.6. The first-order chi connectivity index (χ1) is 11.6. The Kier molecular flexibility index (Phi) is 7.02. The summed E-state index contributed by atoms with van der Waals surface area (Å²) in [4.78, 5) is 22.8. The molecule has 1 fully saturated rings.